The lowest BCUT2D eigenvalue weighted by Gasteiger charge is -2.18. The third-order valence-electron chi connectivity index (χ3n) is 2.20. The van der Waals surface area contributed by atoms with Gasteiger partial charge in [-0.15, -0.1) is 0 Å². The summed E-state index contributed by atoms with van der Waals surface area (Å²) in [5.41, 5.74) is 0.997. The summed E-state index contributed by atoms with van der Waals surface area (Å²) in [6.07, 6.45) is 2.11. The molecule has 1 heterocycles. The van der Waals surface area contributed by atoms with Crippen LogP contribution in [0.15, 0.2) is 6.07 Å². The first-order valence-corrected chi connectivity index (χ1v) is 6.86. The van der Waals surface area contributed by atoms with Crippen LogP contribution in [0.2, 0.25) is 0 Å². The molecule has 90 valence electrons. The second-order valence-electron chi connectivity index (χ2n) is 3.64. The van der Waals surface area contributed by atoms with Gasteiger partial charge < -0.3 is 10.2 Å². The number of nitrogens with one attached hydrogen (secondary N) is 1. The summed E-state index contributed by atoms with van der Waals surface area (Å²) in [5.74, 6) is 2.81. The lowest BCUT2D eigenvalue weighted by molar-refractivity contribution is 0.926. The second-order valence-corrected chi connectivity index (χ2v) is 4.62. The summed E-state index contributed by atoms with van der Waals surface area (Å²) >= 11 is 1.84. The summed E-state index contributed by atoms with van der Waals surface area (Å²) in [6.45, 7) is 5.89. The molecule has 0 bridgehead atoms. The Bertz CT molecular complexity index is 330. The van der Waals surface area contributed by atoms with Crippen LogP contribution in [0.25, 0.3) is 0 Å². The first kappa shape index (κ1) is 13.1. The fourth-order valence-electron chi connectivity index (χ4n) is 1.33. The van der Waals surface area contributed by atoms with Crippen LogP contribution < -0.4 is 10.2 Å². The quantitative estimate of drug-likeness (QED) is 0.824. The number of nitrogens with zero attached hydrogens (tertiary/aromatic N) is 3. The lowest BCUT2D eigenvalue weighted by atomic mass is 10.4. The minimum Gasteiger partial charge on any atom is -0.359 e. The first-order chi connectivity index (χ1) is 7.67. The molecule has 1 rings (SSSR count). The molecule has 0 unspecified atom stereocenters. The van der Waals surface area contributed by atoms with E-state index in [1.54, 1.807) is 0 Å². The Balaban J connectivity index is 2.78. The molecular formula is C11H20N4S. The summed E-state index contributed by atoms with van der Waals surface area (Å²) in [7, 11) is 2.06. The van der Waals surface area contributed by atoms with Gasteiger partial charge in [0.25, 0.3) is 0 Å². The van der Waals surface area contributed by atoms with Gasteiger partial charge in [-0.2, -0.15) is 16.7 Å². The van der Waals surface area contributed by atoms with Crippen LogP contribution in [-0.4, -0.2) is 42.1 Å². The molecule has 0 fully saturated rings. The highest BCUT2D eigenvalue weighted by atomic mass is 32.2. The van der Waals surface area contributed by atoms with Crippen LogP contribution in [0.1, 0.15) is 12.6 Å². The number of anilines is 2. The number of rotatable bonds is 6. The van der Waals surface area contributed by atoms with Crippen molar-refractivity contribution in [2.24, 2.45) is 0 Å². The summed E-state index contributed by atoms with van der Waals surface area (Å²) < 4.78 is 0. The molecule has 1 aromatic heterocycles. The van der Waals surface area contributed by atoms with Gasteiger partial charge >= 0.3 is 0 Å². The molecular weight excluding hydrogens is 220 g/mol. The number of hydrogen-bond donors (Lipinski definition) is 1. The van der Waals surface area contributed by atoms with Gasteiger partial charge in [-0.25, -0.2) is 4.98 Å². The maximum absolute atomic E-state index is 4.47. The van der Waals surface area contributed by atoms with Crippen molar-refractivity contribution < 1.29 is 0 Å². The Labute approximate surface area is 102 Å². The van der Waals surface area contributed by atoms with Gasteiger partial charge in [-0.3, -0.25) is 0 Å². The highest BCUT2D eigenvalue weighted by Crippen LogP contribution is 2.13. The number of aromatic nitrogens is 2. The van der Waals surface area contributed by atoms with Crippen LogP contribution in [0, 0.1) is 6.92 Å². The Kier molecular flexibility index (Phi) is 5.38. The molecule has 0 aliphatic carbocycles. The van der Waals surface area contributed by atoms with Crippen molar-refractivity contribution in [1.29, 1.82) is 0 Å². The molecule has 0 aromatic carbocycles. The smallest absolute Gasteiger partial charge is 0.224 e. The van der Waals surface area contributed by atoms with Crippen LogP contribution in [0.5, 0.6) is 0 Å². The van der Waals surface area contributed by atoms with Crippen LogP contribution in [0.3, 0.4) is 0 Å². The van der Waals surface area contributed by atoms with Crippen molar-refractivity contribution in [3.8, 4) is 0 Å². The summed E-state index contributed by atoms with van der Waals surface area (Å²) in [5, 5.41) is 3.15. The van der Waals surface area contributed by atoms with Crippen molar-refractivity contribution >= 4 is 23.5 Å². The third-order valence-corrected chi connectivity index (χ3v) is 2.79. The molecule has 0 aliphatic heterocycles. The fourth-order valence-corrected chi connectivity index (χ4v) is 1.78. The average molecular weight is 240 g/mol. The molecule has 0 spiro atoms. The van der Waals surface area contributed by atoms with E-state index in [1.165, 1.54) is 0 Å². The van der Waals surface area contributed by atoms with Gasteiger partial charge in [0.2, 0.25) is 5.95 Å². The zero-order valence-electron chi connectivity index (χ0n) is 10.4. The van der Waals surface area contributed by atoms with E-state index in [4.69, 9.17) is 0 Å². The van der Waals surface area contributed by atoms with Crippen molar-refractivity contribution in [3.63, 3.8) is 0 Å². The van der Waals surface area contributed by atoms with E-state index in [1.807, 2.05) is 31.7 Å². The van der Waals surface area contributed by atoms with E-state index in [9.17, 15) is 0 Å². The topological polar surface area (TPSA) is 41.1 Å². The van der Waals surface area contributed by atoms with Gasteiger partial charge in [0, 0.05) is 37.7 Å². The molecule has 5 heteroatoms. The molecule has 0 saturated heterocycles. The Hall–Kier alpha value is -0.970. The van der Waals surface area contributed by atoms with E-state index in [0.29, 0.717) is 5.95 Å². The number of thioether (sulfide) groups is 1. The summed E-state index contributed by atoms with van der Waals surface area (Å²) in [6, 6.07) is 2.02. The van der Waals surface area contributed by atoms with Gasteiger partial charge in [0.15, 0.2) is 0 Å². The van der Waals surface area contributed by atoms with Crippen molar-refractivity contribution in [1.82, 2.24) is 9.97 Å². The normalized spacial score (nSPS) is 10.2. The van der Waals surface area contributed by atoms with Crippen molar-refractivity contribution in [3.05, 3.63) is 11.8 Å². The van der Waals surface area contributed by atoms with Crippen LogP contribution in [-0.2, 0) is 0 Å². The fraction of sp³-hybridized carbons (Fsp3) is 0.636. The van der Waals surface area contributed by atoms with E-state index in [2.05, 4.69) is 33.5 Å². The zero-order valence-corrected chi connectivity index (χ0v) is 11.3. The standard InChI is InChI=1S/C11H20N4S/c1-5-12-11-13-9(2)8-10(14-11)15(3)6-7-16-4/h8H,5-7H2,1-4H3,(H,12,13,14). The van der Waals surface area contributed by atoms with Crippen molar-refractivity contribution in [2.45, 2.75) is 13.8 Å². The second kappa shape index (κ2) is 6.58. The monoisotopic (exact) mass is 240 g/mol. The van der Waals surface area contributed by atoms with Gasteiger partial charge in [0.1, 0.15) is 5.82 Å². The predicted molar refractivity (Wildman–Crippen MR) is 72.6 cm³/mol. The SMILES string of the molecule is CCNc1nc(C)cc(N(C)CCSC)n1. The predicted octanol–water partition coefficient (Wildman–Crippen LogP) is 2.02. The molecule has 0 saturated carbocycles. The molecule has 0 aliphatic rings. The number of aryl methyl sites for hydroxylation is 1. The van der Waals surface area contributed by atoms with E-state index < -0.39 is 0 Å². The van der Waals surface area contributed by atoms with E-state index >= 15 is 0 Å². The van der Waals surface area contributed by atoms with E-state index in [0.717, 1.165) is 30.4 Å². The van der Waals surface area contributed by atoms with Gasteiger partial charge in [-0.05, 0) is 20.1 Å². The molecule has 1 N–H and O–H groups in total. The lowest BCUT2D eigenvalue weighted by Crippen LogP contribution is -2.22. The minimum atomic E-state index is 0.716. The Morgan fingerprint density at radius 2 is 2.19 bits per heavy atom. The average Bonchev–Trinajstić information content (AvgIpc) is 2.25. The van der Waals surface area contributed by atoms with Gasteiger partial charge in [0.05, 0.1) is 0 Å². The highest BCUT2D eigenvalue weighted by molar-refractivity contribution is 7.98. The van der Waals surface area contributed by atoms with Crippen LogP contribution >= 0.6 is 11.8 Å². The zero-order chi connectivity index (χ0) is 12.0. The minimum absolute atomic E-state index is 0.716. The maximum Gasteiger partial charge on any atom is 0.224 e. The summed E-state index contributed by atoms with van der Waals surface area (Å²) in [4.78, 5) is 11.0. The molecule has 16 heavy (non-hydrogen) atoms. The molecule has 0 radical (unpaired) electrons. The third kappa shape index (κ3) is 3.89. The first-order valence-electron chi connectivity index (χ1n) is 5.47. The Morgan fingerprint density at radius 3 is 2.81 bits per heavy atom. The maximum atomic E-state index is 4.47. The molecule has 1 aromatic rings. The molecule has 0 amide bonds. The highest BCUT2D eigenvalue weighted by Gasteiger charge is 2.05. The van der Waals surface area contributed by atoms with Crippen LogP contribution in [0.4, 0.5) is 11.8 Å². The van der Waals surface area contributed by atoms with Gasteiger partial charge in [-0.1, -0.05) is 0 Å². The van der Waals surface area contributed by atoms with E-state index in [-0.39, 0.29) is 0 Å². The molecule has 0 atom stereocenters. The largest absolute Gasteiger partial charge is 0.359 e. The number of hydrogen-bond acceptors (Lipinski definition) is 5. The Morgan fingerprint density at radius 1 is 1.44 bits per heavy atom. The van der Waals surface area contributed by atoms with Crippen molar-refractivity contribution in [2.75, 3.05) is 42.4 Å². The molecule has 4 nitrogen and oxygen atoms in total.